The molecule has 1 unspecified atom stereocenters. The van der Waals surface area contributed by atoms with Crippen molar-refractivity contribution in [2.24, 2.45) is 5.92 Å². The molecule has 0 fully saturated rings. The molecular weight excluding hydrogens is 190 g/mol. The largest absolute Gasteiger partial charge is 0.316 e. The molecule has 0 spiro atoms. The van der Waals surface area contributed by atoms with E-state index in [0.717, 1.165) is 12.0 Å². The molecule has 2 heteroatoms. The van der Waals surface area contributed by atoms with Crippen LogP contribution in [-0.2, 0) is 0 Å². The number of unbranched alkanes of at least 4 members (excludes halogenated alkanes) is 2. The van der Waals surface area contributed by atoms with Crippen LogP contribution in [0.25, 0.3) is 0 Å². The smallest absolute Gasteiger partial charge is 0.0155 e. The summed E-state index contributed by atoms with van der Waals surface area (Å²) in [7, 11) is 2.09. The molecule has 0 aliphatic rings. The molecule has 0 saturated carbocycles. The van der Waals surface area contributed by atoms with E-state index in [1.165, 1.54) is 37.2 Å². The van der Waals surface area contributed by atoms with E-state index in [4.69, 9.17) is 0 Å². The molecule has 1 nitrogen and oxygen atoms in total. The van der Waals surface area contributed by atoms with E-state index in [1.54, 1.807) is 0 Å². The fourth-order valence-electron chi connectivity index (χ4n) is 1.40. The van der Waals surface area contributed by atoms with Crippen LogP contribution in [0.3, 0.4) is 0 Å². The number of hydrogen-bond donors (Lipinski definition) is 1. The maximum Gasteiger partial charge on any atom is 0.0155 e. The molecule has 0 aromatic heterocycles. The van der Waals surface area contributed by atoms with Crippen LogP contribution >= 0.6 is 11.8 Å². The second-order valence-corrected chi connectivity index (χ2v) is 5.49. The molecule has 0 radical (unpaired) electrons. The number of rotatable bonds is 9. The van der Waals surface area contributed by atoms with Crippen LogP contribution in [0.1, 0.15) is 46.5 Å². The second-order valence-electron chi connectivity index (χ2n) is 4.41. The summed E-state index contributed by atoms with van der Waals surface area (Å²) >= 11 is 2.09. The molecule has 0 amide bonds. The molecule has 86 valence electrons. The van der Waals surface area contributed by atoms with E-state index in [1.807, 2.05) is 0 Å². The SMILES string of the molecule is CCCCCC(CSCC(C)C)NC. The maximum atomic E-state index is 3.41. The summed E-state index contributed by atoms with van der Waals surface area (Å²) < 4.78 is 0. The normalized spacial score (nSPS) is 13.5. The molecule has 14 heavy (non-hydrogen) atoms. The summed E-state index contributed by atoms with van der Waals surface area (Å²) in [6.07, 6.45) is 5.43. The monoisotopic (exact) mass is 217 g/mol. The zero-order chi connectivity index (χ0) is 10.8. The van der Waals surface area contributed by atoms with Gasteiger partial charge in [0.05, 0.1) is 0 Å². The highest BCUT2D eigenvalue weighted by atomic mass is 32.2. The minimum Gasteiger partial charge on any atom is -0.316 e. The maximum absolute atomic E-state index is 3.41. The van der Waals surface area contributed by atoms with Crippen LogP contribution in [0.4, 0.5) is 0 Å². The van der Waals surface area contributed by atoms with Crippen LogP contribution < -0.4 is 5.32 Å². The van der Waals surface area contributed by atoms with Gasteiger partial charge >= 0.3 is 0 Å². The Kier molecular flexibility index (Phi) is 10.1. The van der Waals surface area contributed by atoms with E-state index >= 15 is 0 Å². The molecule has 1 atom stereocenters. The molecule has 0 aliphatic carbocycles. The molecule has 1 N–H and O–H groups in total. The molecule has 0 aromatic carbocycles. The predicted octanol–water partition coefficient (Wildman–Crippen LogP) is 3.54. The first-order valence-corrected chi connectivity index (χ1v) is 7.11. The van der Waals surface area contributed by atoms with Crippen molar-refractivity contribution in [3.63, 3.8) is 0 Å². The lowest BCUT2D eigenvalue weighted by Gasteiger charge is -2.16. The average Bonchev–Trinajstić information content (AvgIpc) is 2.15. The molecule has 0 aromatic rings. The van der Waals surface area contributed by atoms with Crippen LogP contribution in [0, 0.1) is 5.92 Å². The highest BCUT2D eigenvalue weighted by molar-refractivity contribution is 7.99. The molecule has 0 saturated heterocycles. The second kappa shape index (κ2) is 9.85. The fourth-order valence-corrected chi connectivity index (χ4v) is 2.62. The van der Waals surface area contributed by atoms with Crippen molar-refractivity contribution < 1.29 is 0 Å². The van der Waals surface area contributed by atoms with Crippen LogP contribution in [0.5, 0.6) is 0 Å². The third-order valence-corrected chi connectivity index (χ3v) is 3.88. The van der Waals surface area contributed by atoms with Gasteiger partial charge in [0.15, 0.2) is 0 Å². The van der Waals surface area contributed by atoms with Crippen molar-refractivity contribution in [3.8, 4) is 0 Å². The van der Waals surface area contributed by atoms with Crippen molar-refractivity contribution in [2.75, 3.05) is 18.6 Å². The van der Waals surface area contributed by atoms with Gasteiger partial charge in [-0.25, -0.2) is 0 Å². The van der Waals surface area contributed by atoms with E-state index in [0.29, 0.717) is 0 Å². The van der Waals surface area contributed by atoms with Crippen LogP contribution in [0.2, 0.25) is 0 Å². The number of nitrogens with one attached hydrogen (secondary N) is 1. The Hall–Kier alpha value is 0.310. The van der Waals surface area contributed by atoms with Crippen molar-refractivity contribution in [2.45, 2.75) is 52.5 Å². The van der Waals surface area contributed by atoms with E-state index < -0.39 is 0 Å². The van der Waals surface area contributed by atoms with Gasteiger partial charge in [-0.1, -0.05) is 40.0 Å². The van der Waals surface area contributed by atoms with E-state index in [2.05, 4.69) is 44.9 Å². The Labute approximate surface area is 94.4 Å². The number of thioether (sulfide) groups is 1. The van der Waals surface area contributed by atoms with Gasteiger partial charge < -0.3 is 5.32 Å². The molecule has 0 aliphatic heterocycles. The zero-order valence-electron chi connectivity index (χ0n) is 10.3. The Bertz CT molecular complexity index is 115. The zero-order valence-corrected chi connectivity index (χ0v) is 11.1. The summed E-state index contributed by atoms with van der Waals surface area (Å²) in [6, 6.07) is 0.727. The molecule has 0 heterocycles. The molecule has 0 bridgehead atoms. The van der Waals surface area contributed by atoms with Gasteiger partial charge in [0.1, 0.15) is 0 Å². The highest BCUT2D eigenvalue weighted by Crippen LogP contribution is 2.12. The van der Waals surface area contributed by atoms with Crippen molar-refractivity contribution in [1.29, 1.82) is 0 Å². The topological polar surface area (TPSA) is 12.0 Å². The fraction of sp³-hybridized carbons (Fsp3) is 1.00. The summed E-state index contributed by atoms with van der Waals surface area (Å²) in [5.74, 6) is 3.40. The van der Waals surface area contributed by atoms with E-state index in [9.17, 15) is 0 Å². The van der Waals surface area contributed by atoms with Gasteiger partial charge in [-0.3, -0.25) is 0 Å². The lowest BCUT2D eigenvalue weighted by atomic mass is 10.1. The molecular formula is C12H27NS. The lowest BCUT2D eigenvalue weighted by Crippen LogP contribution is -2.27. The Balaban J connectivity index is 3.38. The van der Waals surface area contributed by atoms with E-state index in [-0.39, 0.29) is 0 Å². The summed E-state index contributed by atoms with van der Waals surface area (Å²) in [4.78, 5) is 0. The predicted molar refractivity (Wildman–Crippen MR) is 69.2 cm³/mol. The van der Waals surface area contributed by atoms with Gasteiger partial charge in [0, 0.05) is 11.8 Å². The quantitative estimate of drug-likeness (QED) is 0.593. The third-order valence-electron chi connectivity index (χ3n) is 2.33. The summed E-state index contributed by atoms with van der Waals surface area (Å²) in [5.41, 5.74) is 0. The Morgan fingerprint density at radius 3 is 2.36 bits per heavy atom. The minimum atomic E-state index is 0.727. The third kappa shape index (κ3) is 8.89. The Morgan fingerprint density at radius 1 is 1.14 bits per heavy atom. The minimum absolute atomic E-state index is 0.727. The first-order chi connectivity index (χ1) is 6.70. The van der Waals surface area contributed by atoms with Gasteiger partial charge in [-0.15, -0.1) is 0 Å². The highest BCUT2D eigenvalue weighted by Gasteiger charge is 2.05. The first kappa shape index (κ1) is 14.3. The summed E-state index contributed by atoms with van der Waals surface area (Å²) in [5, 5.41) is 3.41. The van der Waals surface area contributed by atoms with Gasteiger partial charge in [0.2, 0.25) is 0 Å². The molecule has 0 rings (SSSR count). The van der Waals surface area contributed by atoms with Crippen molar-refractivity contribution in [3.05, 3.63) is 0 Å². The van der Waals surface area contributed by atoms with Gasteiger partial charge in [0.25, 0.3) is 0 Å². The standard InChI is InChI=1S/C12H27NS/c1-5-6-7-8-12(13-4)10-14-9-11(2)3/h11-13H,5-10H2,1-4H3. The average molecular weight is 217 g/mol. The Morgan fingerprint density at radius 2 is 1.86 bits per heavy atom. The van der Waals surface area contributed by atoms with Crippen LogP contribution in [0.15, 0.2) is 0 Å². The van der Waals surface area contributed by atoms with Gasteiger partial charge in [-0.2, -0.15) is 11.8 Å². The summed E-state index contributed by atoms with van der Waals surface area (Å²) in [6.45, 7) is 6.85. The van der Waals surface area contributed by atoms with Crippen molar-refractivity contribution in [1.82, 2.24) is 5.32 Å². The first-order valence-electron chi connectivity index (χ1n) is 5.95. The number of hydrogen-bond acceptors (Lipinski definition) is 2. The van der Waals surface area contributed by atoms with Crippen LogP contribution in [-0.4, -0.2) is 24.6 Å². The van der Waals surface area contributed by atoms with Crippen molar-refractivity contribution >= 4 is 11.8 Å². The van der Waals surface area contributed by atoms with Gasteiger partial charge in [-0.05, 0) is 25.1 Å². The lowest BCUT2D eigenvalue weighted by molar-refractivity contribution is 0.531.